The quantitative estimate of drug-likeness (QED) is 0.705. The summed E-state index contributed by atoms with van der Waals surface area (Å²) in [5.74, 6) is -0.440. The third-order valence-corrected chi connectivity index (χ3v) is 4.80. The lowest BCUT2D eigenvalue weighted by Gasteiger charge is -2.06. The number of nitrogens with two attached hydrogens (primary N) is 1. The number of carbonyl (C=O) groups is 1. The minimum absolute atomic E-state index is 0.00227. The Labute approximate surface area is 167 Å². The van der Waals surface area contributed by atoms with Crippen molar-refractivity contribution in [2.45, 2.75) is 6.18 Å². The third-order valence-electron chi connectivity index (χ3n) is 3.47. The van der Waals surface area contributed by atoms with E-state index in [9.17, 15) is 26.4 Å². The van der Waals surface area contributed by atoms with Gasteiger partial charge in [0.2, 0.25) is 0 Å². The second kappa shape index (κ2) is 7.89. The molecule has 29 heavy (non-hydrogen) atoms. The minimum Gasteiger partial charge on any atom is -0.371 e. The number of benzene rings is 2. The molecule has 1 amide bonds. The Morgan fingerprint density at radius 2 is 1.69 bits per heavy atom. The molecular weight excluding hydrogens is 431 g/mol. The van der Waals surface area contributed by atoms with Gasteiger partial charge in [-0.2, -0.15) is 26.7 Å². The van der Waals surface area contributed by atoms with Gasteiger partial charge >= 0.3 is 16.5 Å². The number of nitrogens with zero attached hydrogens (tertiary/aromatic N) is 1. The van der Waals surface area contributed by atoms with Gasteiger partial charge in [0, 0.05) is 0 Å². The molecule has 1 fully saturated rings. The number of thioether (sulfide) groups is 1. The van der Waals surface area contributed by atoms with Gasteiger partial charge in [0.1, 0.15) is 5.75 Å². The van der Waals surface area contributed by atoms with Crippen LogP contribution in [0.1, 0.15) is 11.1 Å². The molecule has 0 aliphatic carbocycles. The second-order valence-corrected chi connectivity index (χ2v) is 7.85. The molecule has 0 bridgehead atoms. The minimum atomic E-state index is -4.43. The highest BCUT2D eigenvalue weighted by Crippen LogP contribution is 2.31. The molecule has 1 heterocycles. The Kier molecular flexibility index (Phi) is 5.68. The first-order valence-corrected chi connectivity index (χ1v) is 10.1. The average Bonchev–Trinajstić information content (AvgIpc) is 2.94. The number of hydrogen-bond donors (Lipinski definition) is 2. The summed E-state index contributed by atoms with van der Waals surface area (Å²) < 4.78 is 64.1. The van der Waals surface area contributed by atoms with Crippen molar-refractivity contribution in [2.24, 2.45) is 10.1 Å². The van der Waals surface area contributed by atoms with E-state index in [1.165, 1.54) is 42.5 Å². The molecule has 3 rings (SSSR count). The fourth-order valence-corrected chi connectivity index (χ4v) is 3.45. The Morgan fingerprint density at radius 3 is 2.24 bits per heavy atom. The Hall–Kier alpha value is -2.83. The topological polar surface area (TPSA) is 111 Å². The summed E-state index contributed by atoms with van der Waals surface area (Å²) in [6.07, 6.45) is -2.98. The van der Waals surface area contributed by atoms with Crippen LogP contribution in [-0.4, -0.2) is 19.5 Å². The molecule has 7 nitrogen and oxygen atoms in total. The number of carbonyl (C=O) groups excluding carboxylic acids is 1. The number of halogens is 3. The molecule has 0 spiro atoms. The van der Waals surface area contributed by atoms with Gasteiger partial charge in [0.05, 0.1) is 16.2 Å². The van der Waals surface area contributed by atoms with E-state index in [0.717, 1.165) is 23.9 Å². The summed E-state index contributed by atoms with van der Waals surface area (Å²) >= 11 is 1.01. The van der Waals surface area contributed by atoms with Crippen molar-refractivity contribution in [1.29, 1.82) is 0 Å². The van der Waals surface area contributed by atoms with Gasteiger partial charge in [-0.25, -0.2) is 4.99 Å². The van der Waals surface area contributed by atoms with Crippen molar-refractivity contribution in [1.82, 2.24) is 5.32 Å². The fourth-order valence-electron chi connectivity index (χ4n) is 2.23. The van der Waals surface area contributed by atoms with Gasteiger partial charge in [-0.15, -0.1) is 0 Å². The van der Waals surface area contributed by atoms with Crippen LogP contribution < -0.4 is 14.6 Å². The zero-order valence-corrected chi connectivity index (χ0v) is 15.9. The van der Waals surface area contributed by atoms with Crippen LogP contribution in [0.5, 0.6) is 5.75 Å². The van der Waals surface area contributed by atoms with Crippen molar-refractivity contribution < 1.29 is 30.6 Å². The lowest BCUT2D eigenvalue weighted by Crippen LogP contribution is -2.19. The van der Waals surface area contributed by atoms with Crippen molar-refractivity contribution >= 4 is 44.9 Å². The maximum Gasteiger partial charge on any atom is 0.416 e. The van der Waals surface area contributed by atoms with E-state index in [1.54, 1.807) is 0 Å². The Bertz CT molecular complexity index is 1090. The number of nitrogens with one attached hydrogen (secondary N) is 1. The van der Waals surface area contributed by atoms with Crippen molar-refractivity contribution in [3.05, 3.63) is 64.6 Å². The summed E-state index contributed by atoms with van der Waals surface area (Å²) in [6, 6.07) is 9.99. The maximum atomic E-state index is 12.6. The smallest absolute Gasteiger partial charge is 0.371 e. The van der Waals surface area contributed by atoms with Gasteiger partial charge in [-0.3, -0.25) is 4.79 Å². The molecule has 1 aliphatic rings. The molecule has 0 saturated carbocycles. The number of alkyl halides is 3. The molecule has 3 N–H and O–H groups in total. The van der Waals surface area contributed by atoms with Gasteiger partial charge < -0.3 is 9.50 Å². The van der Waals surface area contributed by atoms with E-state index in [1.807, 2.05) is 0 Å². The first-order valence-electron chi connectivity index (χ1n) is 7.79. The monoisotopic (exact) mass is 443 g/mol. The number of amides is 1. The van der Waals surface area contributed by atoms with Crippen LogP contribution in [0.2, 0.25) is 0 Å². The first kappa shape index (κ1) is 20.9. The van der Waals surface area contributed by atoms with Crippen LogP contribution in [-0.2, 0) is 21.3 Å². The van der Waals surface area contributed by atoms with Crippen molar-refractivity contribution in [2.75, 3.05) is 0 Å². The molecule has 0 unspecified atom stereocenters. The molecule has 152 valence electrons. The average molecular weight is 443 g/mol. The fraction of sp³-hybridized carbons (Fsp3) is 0.0588. The zero-order valence-electron chi connectivity index (χ0n) is 14.3. The Morgan fingerprint density at radius 1 is 1.07 bits per heavy atom. The number of hydrogen-bond acceptors (Lipinski definition) is 6. The molecule has 1 aliphatic heterocycles. The van der Waals surface area contributed by atoms with Crippen molar-refractivity contribution in [3.8, 4) is 5.75 Å². The van der Waals surface area contributed by atoms with Crippen molar-refractivity contribution in [3.63, 3.8) is 0 Å². The highest BCUT2D eigenvalue weighted by atomic mass is 32.2. The second-order valence-electron chi connectivity index (χ2n) is 5.67. The molecule has 2 aromatic carbocycles. The van der Waals surface area contributed by atoms with E-state index in [0.29, 0.717) is 11.3 Å². The lowest BCUT2D eigenvalue weighted by atomic mass is 10.1. The highest BCUT2D eigenvalue weighted by molar-refractivity contribution is 8.18. The molecule has 0 radical (unpaired) electrons. The molecule has 2 aromatic rings. The molecule has 1 saturated heterocycles. The van der Waals surface area contributed by atoms with Crippen LogP contribution in [0.15, 0.2) is 58.4 Å². The van der Waals surface area contributed by atoms with Crippen LogP contribution >= 0.6 is 11.8 Å². The molecule has 0 atom stereocenters. The van der Waals surface area contributed by atoms with Crippen LogP contribution in [0.3, 0.4) is 0 Å². The maximum absolute atomic E-state index is 12.6. The number of rotatable bonds is 4. The number of aliphatic imine (C=N–C) groups is 1. The molecule has 0 aromatic heterocycles. The summed E-state index contributed by atoms with van der Waals surface area (Å²) in [4.78, 5) is 16.5. The zero-order chi connectivity index (χ0) is 21.2. The largest absolute Gasteiger partial charge is 0.416 e. The summed E-state index contributed by atoms with van der Waals surface area (Å²) in [5.41, 5.74) is 0.0621. The highest BCUT2D eigenvalue weighted by Gasteiger charge is 2.30. The van der Waals surface area contributed by atoms with E-state index in [-0.39, 0.29) is 15.8 Å². The summed E-state index contributed by atoms with van der Waals surface area (Å²) in [6.45, 7) is 0. The van der Waals surface area contributed by atoms with Crippen LogP contribution in [0, 0.1) is 0 Å². The van der Waals surface area contributed by atoms with Gasteiger partial charge in [0.15, 0.2) is 5.17 Å². The van der Waals surface area contributed by atoms with Crippen LogP contribution in [0.4, 0.5) is 18.9 Å². The molecule has 12 heteroatoms. The van der Waals surface area contributed by atoms with Crippen LogP contribution in [0.25, 0.3) is 6.08 Å². The normalized spacial score (nSPS) is 17.6. The first-order chi connectivity index (χ1) is 13.5. The third kappa shape index (κ3) is 5.82. The Balaban J connectivity index is 1.73. The van der Waals surface area contributed by atoms with Gasteiger partial charge in [-0.05, 0) is 59.8 Å². The predicted octanol–water partition coefficient (Wildman–Crippen LogP) is 3.18. The standard InChI is InChI=1S/C17H12F3N3O4S2/c18-17(19,20)11-3-1-10(2-4-11)9-14-15(24)23-16(28-14)22-12-5-7-13(8-6-12)27-29(21,25)26/h1-9H,(H2,21,25,26)(H,22,23,24)/b14-9+. The number of amidine groups is 1. The van der Waals surface area contributed by atoms with E-state index >= 15 is 0 Å². The summed E-state index contributed by atoms with van der Waals surface area (Å²) in [7, 11) is -4.13. The van der Waals surface area contributed by atoms with E-state index in [4.69, 9.17) is 5.14 Å². The SMILES string of the molecule is NS(=O)(=O)Oc1ccc(N=C2NC(=O)/C(=C\c3ccc(C(F)(F)F)cc3)S2)cc1. The predicted molar refractivity (Wildman–Crippen MR) is 102 cm³/mol. The summed E-state index contributed by atoms with van der Waals surface area (Å²) in [5, 5.41) is 7.57. The lowest BCUT2D eigenvalue weighted by molar-refractivity contribution is -0.137. The van der Waals surface area contributed by atoms with Gasteiger partial charge in [0.25, 0.3) is 5.91 Å². The van der Waals surface area contributed by atoms with Gasteiger partial charge in [-0.1, -0.05) is 12.1 Å². The van der Waals surface area contributed by atoms with E-state index in [2.05, 4.69) is 14.5 Å². The molecular formula is C17H12F3N3O4S2. The van der Waals surface area contributed by atoms with E-state index < -0.39 is 28.0 Å².